The molecule has 3 N–H and O–H groups in total. The van der Waals surface area contributed by atoms with Crippen molar-refractivity contribution in [2.45, 2.75) is 95.8 Å². The van der Waals surface area contributed by atoms with E-state index in [-0.39, 0.29) is 68.0 Å². The van der Waals surface area contributed by atoms with Gasteiger partial charge in [-0.25, -0.2) is 33.1 Å². The summed E-state index contributed by atoms with van der Waals surface area (Å²) in [4.78, 5) is 79.0. The Balaban J connectivity index is 0.000000189. The minimum atomic E-state index is -0.744. The number of amides is 2. The highest BCUT2D eigenvalue weighted by atomic mass is 35.5. The number of imidazole rings is 2. The summed E-state index contributed by atoms with van der Waals surface area (Å²) in [5, 5.41) is 3.68. The normalized spacial score (nSPS) is 20.8. The topological polar surface area (TPSA) is 201 Å². The average Bonchev–Trinajstić information content (AvgIpc) is 4.07. The number of pyridine rings is 1. The number of cyclic esters (lactones) is 2. The maximum absolute atomic E-state index is 14.1. The van der Waals surface area contributed by atoms with Gasteiger partial charge in [0.05, 0.1) is 24.7 Å². The predicted molar refractivity (Wildman–Crippen MR) is 258 cm³/mol. The maximum Gasteiger partial charge on any atom is 0.407 e. The number of nitrogens with one attached hydrogen (secondary N) is 1. The summed E-state index contributed by atoms with van der Waals surface area (Å²) in [5.41, 5.74) is 8.55. The number of benzene rings is 2. The molecule has 0 bridgehead atoms. The molecule has 2 amide bonds. The molecule has 4 atom stereocenters. The Morgan fingerprint density at radius 3 is 2.13 bits per heavy atom. The lowest BCUT2D eigenvalue weighted by molar-refractivity contribution is -0.141. The van der Waals surface area contributed by atoms with Gasteiger partial charge < -0.3 is 53.7 Å². The van der Waals surface area contributed by atoms with Crippen molar-refractivity contribution in [1.82, 2.24) is 33.9 Å². The molecule has 0 saturated carbocycles. The number of hydrogen-bond acceptors (Lipinski definition) is 13. The molecule has 2 unspecified atom stereocenters. The first-order valence-corrected chi connectivity index (χ1v) is 23.5. The molecule has 3 aromatic heterocycles. The quantitative estimate of drug-likeness (QED) is 0.144. The van der Waals surface area contributed by atoms with Crippen LogP contribution in [-0.2, 0) is 45.7 Å². The van der Waals surface area contributed by atoms with Crippen LogP contribution in [-0.4, -0.2) is 116 Å². The number of rotatable bonds is 7. The van der Waals surface area contributed by atoms with Crippen molar-refractivity contribution < 1.29 is 42.2 Å². The molecule has 8 heterocycles. The minimum Gasteiger partial charge on any atom is -0.463 e. The Bertz CT molecular complexity index is 2970. The van der Waals surface area contributed by atoms with Crippen LogP contribution in [0, 0.1) is 11.6 Å². The number of carbonyl (C=O) groups is 4. The minimum absolute atomic E-state index is 0. The van der Waals surface area contributed by atoms with Gasteiger partial charge in [0.25, 0.3) is 11.5 Å². The van der Waals surface area contributed by atoms with Crippen molar-refractivity contribution in [2.75, 3.05) is 49.6 Å². The van der Waals surface area contributed by atoms with Crippen LogP contribution in [0.25, 0.3) is 11.0 Å². The van der Waals surface area contributed by atoms with Gasteiger partial charge in [-0.3, -0.25) is 9.59 Å². The molecule has 3 saturated heterocycles. The Kier molecular flexibility index (Phi) is 14.2. The summed E-state index contributed by atoms with van der Waals surface area (Å²) >= 11 is 12.7. The third-order valence-electron chi connectivity index (χ3n) is 13.0. The van der Waals surface area contributed by atoms with Crippen molar-refractivity contribution in [3.63, 3.8) is 0 Å². The van der Waals surface area contributed by atoms with E-state index in [1.165, 1.54) is 52.9 Å². The molecule has 5 aliphatic heterocycles. The Morgan fingerprint density at radius 2 is 1.49 bits per heavy atom. The van der Waals surface area contributed by atoms with Gasteiger partial charge in [-0.2, -0.15) is 0 Å². The molecule has 2 aromatic carbocycles. The summed E-state index contributed by atoms with van der Waals surface area (Å²) in [6.07, 6.45) is 2.81. The highest BCUT2D eigenvalue weighted by Crippen LogP contribution is 2.40. The second-order valence-corrected chi connectivity index (χ2v) is 19.9. The molecule has 3 fully saturated rings. The van der Waals surface area contributed by atoms with E-state index in [9.17, 15) is 32.8 Å². The summed E-state index contributed by atoms with van der Waals surface area (Å²) in [6.45, 7) is 8.20. The van der Waals surface area contributed by atoms with Crippen LogP contribution in [0.1, 0.15) is 95.7 Å². The lowest BCUT2D eigenvalue weighted by Gasteiger charge is -2.34. The zero-order valence-corrected chi connectivity index (χ0v) is 41.4. The van der Waals surface area contributed by atoms with E-state index in [0.29, 0.717) is 80.7 Å². The fourth-order valence-corrected chi connectivity index (χ4v) is 10.2. The van der Waals surface area contributed by atoms with Crippen molar-refractivity contribution in [2.24, 2.45) is 12.8 Å². The predicted octanol–water partition coefficient (Wildman–Crippen LogP) is 5.91. The van der Waals surface area contributed by atoms with E-state index in [2.05, 4.69) is 5.32 Å². The largest absolute Gasteiger partial charge is 0.463 e. The number of nitrogens with two attached hydrogens (primary N) is 1. The van der Waals surface area contributed by atoms with Crippen LogP contribution in [0.4, 0.5) is 25.5 Å². The van der Waals surface area contributed by atoms with Gasteiger partial charge in [-0.15, -0.1) is 12.4 Å². The van der Waals surface area contributed by atoms with Crippen LogP contribution in [0.5, 0.6) is 0 Å². The maximum atomic E-state index is 14.1. The number of carbonyl (C=O) groups excluding carboxylic acids is 4. The number of alkyl carbamates (subject to hydrolysis) is 1. The number of halogens is 5. The van der Waals surface area contributed by atoms with Gasteiger partial charge in [0.2, 0.25) is 11.9 Å². The Morgan fingerprint density at radius 1 is 0.871 bits per heavy atom. The second kappa shape index (κ2) is 19.7. The SMILES string of the molecule is CN1C(=O)c2c(nc(N3CCC[C@@H](NC(=O)OC(C)(C)C)C3)n2Cc2cc(F)ccc2Cl)C2COC(=O)C21.Cl.Cn1c2c(c3nc(N4CCC[C@@H](N)C4)n(Cc4cc(F)ccc4Cl)c3c1=O)COC2=O. The van der Waals surface area contributed by atoms with Gasteiger partial charge in [-0.05, 0) is 94.0 Å². The van der Waals surface area contributed by atoms with E-state index in [1.807, 2.05) is 9.80 Å². The zero-order chi connectivity index (χ0) is 49.2. The molecule has 374 valence electrons. The lowest BCUT2D eigenvalue weighted by Crippen LogP contribution is -2.49. The highest BCUT2D eigenvalue weighted by Gasteiger charge is 2.51. The Labute approximate surface area is 417 Å². The molecule has 18 nitrogen and oxygen atoms in total. The van der Waals surface area contributed by atoms with Gasteiger partial charge >= 0.3 is 18.0 Å². The monoisotopic (exact) mass is 1030 g/mol. The van der Waals surface area contributed by atoms with Crippen LogP contribution < -0.4 is 26.4 Å². The van der Waals surface area contributed by atoms with Crippen molar-refractivity contribution in [1.29, 1.82) is 0 Å². The second-order valence-electron chi connectivity index (χ2n) is 19.0. The third kappa shape index (κ3) is 9.62. The number of nitrogens with zero attached hydrogens (tertiary/aromatic N) is 8. The number of aromatic nitrogens is 5. The molecule has 23 heteroatoms. The third-order valence-corrected chi connectivity index (χ3v) is 13.8. The zero-order valence-electron chi connectivity index (χ0n) is 39.1. The molecule has 0 radical (unpaired) electrons. The van der Waals surface area contributed by atoms with E-state index in [0.717, 1.165) is 32.2 Å². The molecule has 0 spiro atoms. The van der Waals surface area contributed by atoms with E-state index >= 15 is 0 Å². The number of likely N-dealkylation sites (N-methyl/N-ethyl adjacent to an activating group) is 1. The summed E-state index contributed by atoms with van der Waals surface area (Å²) in [5.74, 6) is -1.60. The van der Waals surface area contributed by atoms with Gasteiger partial charge in [-0.1, -0.05) is 23.2 Å². The van der Waals surface area contributed by atoms with Gasteiger partial charge in [0.1, 0.15) is 58.9 Å². The molecule has 10 rings (SSSR count). The Hall–Kier alpha value is -5.96. The summed E-state index contributed by atoms with van der Waals surface area (Å²) in [6, 6.07) is 7.25. The van der Waals surface area contributed by atoms with Crippen LogP contribution in [0.3, 0.4) is 0 Å². The molecule has 70 heavy (non-hydrogen) atoms. The first-order valence-electron chi connectivity index (χ1n) is 22.7. The molecule has 0 aliphatic carbocycles. The molecular weight excluding hydrogens is 977 g/mol. The number of piperidine rings is 2. The molecular formula is C47H53Cl3F2N10O8. The highest BCUT2D eigenvalue weighted by molar-refractivity contribution is 6.31. The number of ether oxygens (including phenoxy) is 3. The molecule has 5 aromatic rings. The first-order chi connectivity index (χ1) is 32.8. The van der Waals surface area contributed by atoms with E-state index in [1.54, 1.807) is 37.0 Å². The first kappa shape index (κ1) is 50.4. The summed E-state index contributed by atoms with van der Waals surface area (Å²) < 4.78 is 48.8. The summed E-state index contributed by atoms with van der Waals surface area (Å²) in [7, 11) is 3.11. The number of anilines is 2. The number of esters is 2. The van der Waals surface area contributed by atoms with Crippen molar-refractivity contribution in [3.8, 4) is 0 Å². The fourth-order valence-electron chi connectivity index (χ4n) is 9.85. The van der Waals surface area contributed by atoms with Crippen LogP contribution >= 0.6 is 35.6 Å². The molecule has 5 aliphatic rings. The number of hydrogen-bond donors (Lipinski definition) is 2. The lowest BCUT2D eigenvalue weighted by atomic mass is 9.92. The van der Waals surface area contributed by atoms with Crippen LogP contribution in [0.15, 0.2) is 41.2 Å². The smallest absolute Gasteiger partial charge is 0.407 e. The van der Waals surface area contributed by atoms with Gasteiger partial charge in [0.15, 0.2) is 0 Å². The van der Waals surface area contributed by atoms with Crippen molar-refractivity contribution in [3.05, 3.63) is 102 Å². The van der Waals surface area contributed by atoms with Crippen molar-refractivity contribution >= 4 is 82.5 Å². The number of fused-ring (bicyclic) bond motifs is 6. The average molecular weight is 1030 g/mol. The fraction of sp³-hybridized carbons (Fsp3) is 0.468. The standard InChI is InChI=1S/C26H31ClFN5O5.C21H21ClFN5O3.ClH/c1-26(2,3)38-25(36)29-16-6-5-9-32(12-16)24-30-19-17-13-37-23(35)20(17)31(4)22(34)21(19)33(24)11-14-10-15(28)7-8-18(14)27;1-26-17-14(10-31-20(17)30)16-18(19(26)29)28(8-11-7-12(23)4-5-15(11)22)21(25-16)27-6-2-3-13(24)9-27;/h7-8,10,16-17,20H,5-6,9,11-13H2,1-4H3,(H,29,36);4-5,7,13H,2-3,6,8-10,24H2,1H3;1H/t16-,17?,20?;13-;/m11./s1. The van der Waals surface area contributed by atoms with Gasteiger partial charge in [0, 0.05) is 68.0 Å². The van der Waals surface area contributed by atoms with Crippen LogP contribution in [0.2, 0.25) is 10.0 Å². The van der Waals surface area contributed by atoms with E-state index in [4.69, 9.17) is 53.1 Å². The van der Waals surface area contributed by atoms with E-state index < -0.39 is 47.2 Å².